The summed E-state index contributed by atoms with van der Waals surface area (Å²) in [6.45, 7) is 4.76. The van der Waals surface area contributed by atoms with Crippen LogP contribution in [0.15, 0.2) is 231 Å². The van der Waals surface area contributed by atoms with Gasteiger partial charge < -0.3 is 0 Å². The summed E-state index contributed by atoms with van der Waals surface area (Å²) in [5, 5.41) is 0. The zero-order chi connectivity index (χ0) is 42.8. The summed E-state index contributed by atoms with van der Waals surface area (Å²) in [6.07, 6.45) is 0. The highest BCUT2D eigenvalue weighted by Gasteiger charge is 2.53. The molecule has 0 unspecified atom stereocenters. The number of nitrogens with zero attached hydrogens (tertiary/aromatic N) is 2. The van der Waals surface area contributed by atoms with Gasteiger partial charge in [0.2, 0.25) is 0 Å². The molecule has 10 aromatic rings. The lowest BCUT2D eigenvalue weighted by atomic mass is 9.55. The summed E-state index contributed by atoms with van der Waals surface area (Å²) in [5.41, 5.74) is 21.8. The molecule has 0 atom stereocenters. The molecule has 9 aromatic carbocycles. The van der Waals surface area contributed by atoms with Crippen molar-refractivity contribution in [2.45, 2.75) is 24.7 Å². The molecule has 2 aliphatic rings. The average molecular weight is 817 g/mol. The van der Waals surface area contributed by atoms with E-state index in [4.69, 9.17) is 9.97 Å². The van der Waals surface area contributed by atoms with E-state index in [1.54, 1.807) is 0 Å². The van der Waals surface area contributed by atoms with E-state index in [0.29, 0.717) is 5.82 Å². The van der Waals surface area contributed by atoms with Gasteiger partial charge in [0.25, 0.3) is 0 Å². The third kappa shape index (κ3) is 5.80. The van der Waals surface area contributed by atoms with Crippen molar-refractivity contribution >= 4 is 0 Å². The molecule has 0 N–H and O–H groups in total. The number of aromatic nitrogens is 2. The molecule has 0 saturated heterocycles. The smallest absolute Gasteiger partial charge is 0.160 e. The highest BCUT2D eigenvalue weighted by molar-refractivity contribution is 5.98. The minimum atomic E-state index is -0.551. The van der Waals surface area contributed by atoms with Crippen molar-refractivity contribution in [3.05, 3.63) is 264 Å². The van der Waals surface area contributed by atoms with Crippen LogP contribution in [0.5, 0.6) is 0 Å². The van der Waals surface area contributed by atoms with Crippen LogP contribution in [0.3, 0.4) is 0 Å². The summed E-state index contributed by atoms with van der Waals surface area (Å²) in [4.78, 5) is 10.6. The lowest BCUT2D eigenvalue weighted by molar-refractivity contribution is 0.563. The van der Waals surface area contributed by atoms with E-state index < -0.39 is 5.41 Å². The highest BCUT2D eigenvalue weighted by atomic mass is 14.9. The van der Waals surface area contributed by atoms with Crippen LogP contribution < -0.4 is 0 Å². The first-order valence-corrected chi connectivity index (χ1v) is 22.2. The average Bonchev–Trinajstić information content (AvgIpc) is 3.67. The monoisotopic (exact) mass is 816 g/mol. The SMILES string of the molecule is CC1(C)c2ccccc2C2(c3ccc(-c4ccc(-c5ccccc5-c5ccccc5)cc4)cc3-c3c(-c4cc(-c5ccccc5)nc(-c5ccccc5)n4)cccc32)c2ccccc21. The Morgan fingerprint density at radius 3 is 1.36 bits per heavy atom. The molecule has 1 aromatic heterocycles. The fourth-order valence-electron chi connectivity index (χ4n) is 10.9. The van der Waals surface area contributed by atoms with Crippen LogP contribution in [-0.2, 0) is 10.8 Å². The van der Waals surface area contributed by atoms with Crippen LogP contribution >= 0.6 is 0 Å². The second kappa shape index (κ2) is 14.9. The van der Waals surface area contributed by atoms with Crippen LogP contribution in [0, 0.1) is 0 Å². The van der Waals surface area contributed by atoms with E-state index >= 15 is 0 Å². The first-order chi connectivity index (χ1) is 31.5. The molecular formula is C62H44N2. The summed E-state index contributed by atoms with van der Waals surface area (Å²) < 4.78 is 0. The van der Waals surface area contributed by atoms with Crippen LogP contribution in [0.4, 0.5) is 0 Å². The van der Waals surface area contributed by atoms with Crippen molar-refractivity contribution in [2.75, 3.05) is 0 Å². The van der Waals surface area contributed by atoms with Gasteiger partial charge in [-0.3, -0.25) is 0 Å². The summed E-state index contributed by atoms with van der Waals surface area (Å²) in [6, 6.07) is 83.9. The molecule has 302 valence electrons. The maximum Gasteiger partial charge on any atom is 0.160 e. The molecule has 1 heterocycles. The maximum atomic E-state index is 5.43. The number of hydrogen-bond acceptors (Lipinski definition) is 2. The second-order valence-corrected chi connectivity index (χ2v) is 17.6. The van der Waals surface area contributed by atoms with Gasteiger partial charge in [0.1, 0.15) is 0 Å². The van der Waals surface area contributed by atoms with Gasteiger partial charge in [-0.25, -0.2) is 9.97 Å². The van der Waals surface area contributed by atoms with Crippen molar-refractivity contribution in [2.24, 2.45) is 0 Å². The van der Waals surface area contributed by atoms with Gasteiger partial charge in [-0.15, -0.1) is 0 Å². The molecule has 0 radical (unpaired) electrons. The van der Waals surface area contributed by atoms with Crippen LogP contribution in [0.25, 0.3) is 78.4 Å². The van der Waals surface area contributed by atoms with Crippen LogP contribution in [0.1, 0.15) is 47.2 Å². The van der Waals surface area contributed by atoms with E-state index in [9.17, 15) is 0 Å². The molecule has 64 heavy (non-hydrogen) atoms. The van der Waals surface area contributed by atoms with Gasteiger partial charge in [-0.2, -0.15) is 0 Å². The summed E-state index contributed by atoms with van der Waals surface area (Å²) >= 11 is 0. The number of rotatable bonds is 6. The molecule has 0 fully saturated rings. The first-order valence-electron chi connectivity index (χ1n) is 22.2. The Labute approximate surface area is 375 Å². The number of fused-ring (bicyclic) bond motifs is 9. The van der Waals surface area contributed by atoms with Crippen molar-refractivity contribution in [3.8, 4) is 78.4 Å². The number of hydrogen-bond donors (Lipinski definition) is 0. The topological polar surface area (TPSA) is 25.8 Å². The minimum absolute atomic E-state index is 0.193. The Bertz CT molecular complexity index is 3280. The summed E-state index contributed by atoms with van der Waals surface area (Å²) in [5.74, 6) is 0.709. The number of benzene rings is 9. The Balaban J connectivity index is 1.10. The van der Waals surface area contributed by atoms with Crippen molar-refractivity contribution in [1.29, 1.82) is 0 Å². The predicted molar refractivity (Wildman–Crippen MR) is 264 cm³/mol. The molecule has 2 heteroatoms. The standard InChI is InChI=1S/C62H44N2/c1-61(2)52-28-14-16-30-54(52)62(55-31-17-15-29-53(55)61)51-38-37-46(41-33-35-43(36-34-41)48-26-13-12-25-47(48)42-19-6-3-7-20-42)39-50(51)59-49(27-18-32-56(59)62)58-40-57(44-21-8-4-9-22-44)63-60(64-58)45-23-10-5-11-24-45/h3-40H,1-2H3. The molecule has 0 saturated carbocycles. The fourth-order valence-corrected chi connectivity index (χ4v) is 10.9. The molecule has 0 bridgehead atoms. The first kappa shape index (κ1) is 37.8. The van der Waals surface area contributed by atoms with E-state index in [2.05, 4.69) is 238 Å². The Morgan fingerprint density at radius 1 is 0.281 bits per heavy atom. The quantitative estimate of drug-likeness (QED) is 0.167. The van der Waals surface area contributed by atoms with E-state index in [0.717, 1.165) is 28.1 Å². The van der Waals surface area contributed by atoms with Gasteiger partial charge in [0, 0.05) is 22.1 Å². The van der Waals surface area contributed by atoms with Crippen LogP contribution in [0.2, 0.25) is 0 Å². The molecule has 2 nitrogen and oxygen atoms in total. The van der Waals surface area contributed by atoms with Gasteiger partial charge >= 0.3 is 0 Å². The van der Waals surface area contributed by atoms with Gasteiger partial charge in [-0.05, 0) is 90.0 Å². The Kier molecular flexibility index (Phi) is 8.77. The van der Waals surface area contributed by atoms with Gasteiger partial charge in [0.15, 0.2) is 5.82 Å². The molecule has 1 spiro atoms. The third-order valence-electron chi connectivity index (χ3n) is 13.8. The normalized spacial score (nSPS) is 13.7. The maximum absolute atomic E-state index is 5.43. The predicted octanol–water partition coefficient (Wildman–Crippen LogP) is 15.5. The highest BCUT2D eigenvalue weighted by Crippen LogP contribution is 2.63. The van der Waals surface area contributed by atoms with E-state index in [1.165, 1.54) is 77.9 Å². The summed E-state index contributed by atoms with van der Waals surface area (Å²) in [7, 11) is 0. The molecule has 2 aliphatic carbocycles. The second-order valence-electron chi connectivity index (χ2n) is 17.6. The minimum Gasteiger partial charge on any atom is -0.228 e. The molecule has 0 amide bonds. The van der Waals surface area contributed by atoms with Crippen LogP contribution in [-0.4, -0.2) is 9.97 Å². The fraction of sp³-hybridized carbons (Fsp3) is 0.0645. The van der Waals surface area contributed by atoms with Gasteiger partial charge in [0.05, 0.1) is 16.8 Å². The largest absolute Gasteiger partial charge is 0.228 e. The molecule has 0 aliphatic heterocycles. The lowest BCUT2D eigenvalue weighted by Gasteiger charge is -2.46. The Hall–Kier alpha value is -7.94. The van der Waals surface area contributed by atoms with Crippen molar-refractivity contribution in [3.63, 3.8) is 0 Å². The van der Waals surface area contributed by atoms with Gasteiger partial charge in [-0.1, -0.05) is 232 Å². The zero-order valence-electron chi connectivity index (χ0n) is 35.8. The van der Waals surface area contributed by atoms with Crippen molar-refractivity contribution in [1.82, 2.24) is 9.97 Å². The van der Waals surface area contributed by atoms with E-state index in [-0.39, 0.29) is 5.41 Å². The zero-order valence-corrected chi connectivity index (χ0v) is 35.8. The lowest BCUT2D eigenvalue weighted by Crippen LogP contribution is -2.40. The van der Waals surface area contributed by atoms with Crippen molar-refractivity contribution < 1.29 is 0 Å². The molecular weight excluding hydrogens is 773 g/mol. The third-order valence-corrected chi connectivity index (χ3v) is 13.8. The Morgan fingerprint density at radius 2 is 0.734 bits per heavy atom. The van der Waals surface area contributed by atoms with E-state index in [1.807, 2.05) is 6.07 Å². The molecule has 12 rings (SSSR count).